The van der Waals surface area contributed by atoms with Crippen molar-refractivity contribution in [2.45, 2.75) is 39.8 Å². The fourth-order valence-corrected chi connectivity index (χ4v) is 3.11. The molecule has 0 spiro atoms. The molecule has 1 aliphatic rings. The molecule has 1 aromatic carbocycles. The second-order valence-corrected chi connectivity index (χ2v) is 8.33. The number of hydrogen-bond donors (Lipinski definition) is 1. The Morgan fingerprint density at radius 1 is 0.967 bits per heavy atom. The maximum atomic E-state index is 13.2. The van der Waals surface area contributed by atoms with E-state index in [9.17, 15) is 27.6 Å². The van der Waals surface area contributed by atoms with Crippen molar-refractivity contribution in [1.29, 1.82) is 0 Å². The van der Waals surface area contributed by atoms with Gasteiger partial charge in [0.2, 0.25) is 11.8 Å². The highest BCUT2D eigenvalue weighted by atomic mass is 19.4. The van der Waals surface area contributed by atoms with E-state index in [4.69, 9.17) is 0 Å². The van der Waals surface area contributed by atoms with Gasteiger partial charge in [0.1, 0.15) is 0 Å². The van der Waals surface area contributed by atoms with E-state index in [2.05, 4.69) is 5.32 Å². The minimum absolute atomic E-state index is 0.0822. The Hall–Kier alpha value is -2.58. The molecule has 1 aromatic rings. The quantitative estimate of drug-likeness (QED) is 0.735. The van der Waals surface area contributed by atoms with E-state index in [0.29, 0.717) is 13.0 Å². The molecule has 0 aromatic heterocycles. The number of hydrogen-bond acceptors (Lipinski definition) is 3. The average molecular weight is 427 g/mol. The lowest BCUT2D eigenvalue weighted by atomic mass is 9.96. The van der Waals surface area contributed by atoms with Crippen LogP contribution >= 0.6 is 0 Å². The molecule has 0 aliphatic carbocycles. The molecule has 30 heavy (non-hydrogen) atoms. The third-order valence-electron chi connectivity index (χ3n) is 4.92. The van der Waals surface area contributed by atoms with Crippen molar-refractivity contribution in [3.05, 3.63) is 35.4 Å². The van der Waals surface area contributed by atoms with E-state index in [1.807, 2.05) is 0 Å². The normalized spacial score (nSPS) is 15.1. The zero-order chi connectivity index (χ0) is 22.5. The van der Waals surface area contributed by atoms with Crippen molar-refractivity contribution >= 4 is 17.7 Å². The molecule has 0 bridgehead atoms. The highest BCUT2D eigenvalue weighted by molar-refractivity contribution is 5.96. The van der Waals surface area contributed by atoms with Crippen LogP contribution in [0, 0.1) is 5.41 Å². The van der Waals surface area contributed by atoms with Gasteiger partial charge >= 0.3 is 6.18 Å². The smallest absolute Gasteiger partial charge is 0.356 e. The minimum Gasteiger partial charge on any atom is -0.356 e. The van der Waals surface area contributed by atoms with Crippen molar-refractivity contribution in [1.82, 2.24) is 15.1 Å². The van der Waals surface area contributed by atoms with Gasteiger partial charge in [0.15, 0.2) is 0 Å². The predicted molar refractivity (Wildman–Crippen MR) is 106 cm³/mol. The molecule has 1 aliphatic heterocycles. The lowest BCUT2D eigenvalue weighted by Gasteiger charge is -2.35. The topological polar surface area (TPSA) is 69.7 Å². The van der Waals surface area contributed by atoms with E-state index in [1.54, 1.807) is 25.7 Å². The van der Waals surface area contributed by atoms with Gasteiger partial charge in [-0.3, -0.25) is 14.4 Å². The first-order chi connectivity index (χ1) is 13.9. The Bertz CT molecular complexity index is 780. The van der Waals surface area contributed by atoms with Crippen LogP contribution in [0.1, 0.15) is 49.5 Å². The number of alkyl halides is 3. The van der Waals surface area contributed by atoms with Gasteiger partial charge in [-0.25, -0.2) is 0 Å². The van der Waals surface area contributed by atoms with Gasteiger partial charge in [0.05, 0.1) is 11.1 Å². The van der Waals surface area contributed by atoms with E-state index >= 15 is 0 Å². The molecule has 0 saturated carbocycles. The number of carbonyl (C=O) groups is 3. The van der Waals surface area contributed by atoms with Crippen LogP contribution in [0.5, 0.6) is 0 Å². The van der Waals surface area contributed by atoms with Gasteiger partial charge in [-0.15, -0.1) is 0 Å². The lowest BCUT2D eigenvalue weighted by molar-refractivity contribution is -0.138. The summed E-state index contributed by atoms with van der Waals surface area (Å²) >= 11 is 0. The van der Waals surface area contributed by atoms with Crippen molar-refractivity contribution in [2.75, 3.05) is 32.7 Å². The number of carbonyl (C=O) groups excluding carboxylic acids is 3. The molecule has 1 fully saturated rings. The van der Waals surface area contributed by atoms with Crippen molar-refractivity contribution in [2.24, 2.45) is 5.41 Å². The molecule has 1 N–H and O–H groups in total. The fraction of sp³-hybridized carbons (Fsp3) is 0.571. The summed E-state index contributed by atoms with van der Waals surface area (Å²) in [5.74, 6) is -0.857. The zero-order valence-electron chi connectivity index (χ0n) is 17.5. The Morgan fingerprint density at radius 2 is 1.53 bits per heavy atom. The summed E-state index contributed by atoms with van der Waals surface area (Å²) in [6, 6.07) is 4.72. The molecule has 1 saturated heterocycles. The first kappa shape index (κ1) is 23.7. The molecular weight excluding hydrogens is 399 g/mol. The standard InChI is InChI=1S/C21H28F3N3O3/c1-20(2,3)19(30)25-10-6-9-17(28)26-11-13-27(14-12-26)18(29)15-7-4-5-8-16(15)21(22,23)24/h4-5,7-8H,6,9-14H2,1-3H3,(H,25,30). The second kappa shape index (κ2) is 9.49. The summed E-state index contributed by atoms with van der Waals surface area (Å²) in [5, 5.41) is 2.78. The molecule has 1 heterocycles. The highest BCUT2D eigenvalue weighted by Gasteiger charge is 2.36. The van der Waals surface area contributed by atoms with Crippen molar-refractivity contribution in [3.63, 3.8) is 0 Å². The van der Waals surface area contributed by atoms with Gasteiger partial charge in [0.25, 0.3) is 5.91 Å². The number of piperazine rings is 1. The molecule has 166 valence electrons. The number of halogens is 3. The van der Waals surface area contributed by atoms with Crippen LogP contribution in [0.2, 0.25) is 0 Å². The summed E-state index contributed by atoms with van der Waals surface area (Å²) in [5.41, 5.74) is -1.82. The number of benzene rings is 1. The molecule has 6 nitrogen and oxygen atoms in total. The van der Waals surface area contributed by atoms with Crippen LogP contribution < -0.4 is 5.32 Å². The molecule has 0 radical (unpaired) electrons. The fourth-order valence-electron chi connectivity index (χ4n) is 3.11. The van der Waals surface area contributed by atoms with Gasteiger partial charge in [-0.1, -0.05) is 32.9 Å². The van der Waals surface area contributed by atoms with Crippen LogP contribution in [0.15, 0.2) is 24.3 Å². The van der Waals surface area contributed by atoms with Crippen molar-refractivity contribution in [3.8, 4) is 0 Å². The lowest BCUT2D eigenvalue weighted by Crippen LogP contribution is -2.50. The van der Waals surface area contributed by atoms with E-state index < -0.39 is 23.1 Å². The van der Waals surface area contributed by atoms with E-state index in [-0.39, 0.29) is 50.0 Å². The summed E-state index contributed by atoms with van der Waals surface area (Å²) in [4.78, 5) is 39.7. The number of nitrogens with one attached hydrogen (secondary N) is 1. The zero-order valence-corrected chi connectivity index (χ0v) is 17.5. The predicted octanol–water partition coefficient (Wildman–Crippen LogP) is 2.93. The largest absolute Gasteiger partial charge is 0.417 e. The van der Waals surface area contributed by atoms with Crippen LogP contribution in [-0.4, -0.2) is 60.2 Å². The Morgan fingerprint density at radius 3 is 2.10 bits per heavy atom. The minimum atomic E-state index is -4.60. The molecule has 0 atom stereocenters. The molecule has 3 amide bonds. The van der Waals surface area contributed by atoms with Crippen molar-refractivity contribution < 1.29 is 27.6 Å². The van der Waals surface area contributed by atoms with Gasteiger partial charge in [-0.05, 0) is 18.6 Å². The third kappa shape index (κ3) is 6.21. The molecular formula is C21H28F3N3O3. The first-order valence-corrected chi connectivity index (χ1v) is 9.93. The monoisotopic (exact) mass is 427 g/mol. The van der Waals surface area contributed by atoms with Gasteiger partial charge in [0, 0.05) is 44.6 Å². The Labute approximate surface area is 174 Å². The third-order valence-corrected chi connectivity index (χ3v) is 4.92. The van der Waals surface area contributed by atoms with E-state index in [0.717, 1.165) is 6.07 Å². The van der Waals surface area contributed by atoms with Gasteiger partial charge < -0.3 is 15.1 Å². The summed E-state index contributed by atoms with van der Waals surface area (Å²) in [7, 11) is 0. The highest BCUT2D eigenvalue weighted by Crippen LogP contribution is 2.32. The Kier molecular flexibility index (Phi) is 7.49. The van der Waals surface area contributed by atoms with Crippen LogP contribution in [0.3, 0.4) is 0 Å². The molecule has 0 unspecified atom stereocenters. The van der Waals surface area contributed by atoms with Crippen LogP contribution in [-0.2, 0) is 15.8 Å². The van der Waals surface area contributed by atoms with Crippen LogP contribution in [0.25, 0.3) is 0 Å². The Balaban J connectivity index is 1.83. The maximum absolute atomic E-state index is 13.2. The summed E-state index contributed by atoms with van der Waals surface area (Å²) in [6.07, 6.45) is -3.85. The SMILES string of the molecule is CC(C)(C)C(=O)NCCCC(=O)N1CCN(C(=O)c2ccccc2C(F)(F)F)CC1. The van der Waals surface area contributed by atoms with E-state index in [1.165, 1.54) is 23.1 Å². The summed E-state index contributed by atoms with van der Waals surface area (Å²) in [6.45, 7) is 6.72. The maximum Gasteiger partial charge on any atom is 0.417 e. The number of amides is 3. The molecule has 2 rings (SSSR count). The molecule has 9 heteroatoms. The van der Waals surface area contributed by atoms with Gasteiger partial charge in [-0.2, -0.15) is 13.2 Å². The summed E-state index contributed by atoms with van der Waals surface area (Å²) < 4.78 is 39.5. The average Bonchev–Trinajstić information content (AvgIpc) is 2.69. The first-order valence-electron chi connectivity index (χ1n) is 9.93. The number of rotatable bonds is 5. The second-order valence-electron chi connectivity index (χ2n) is 8.33. The van der Waals surface area contributed by atoms with Crippen LogP contribution in [0.4, 0.5) is 13.2 Å². The number of nitrogens with zero attached hydrogens (tertiary/aromatic N) is 2.